The summed E-state index contributed by atoms with van der Waals surface area (Å²) in [6, 6.07) is 0. The zero-order chi connectivity index (χ0) is 21.6. The summed E-state index contributed by atoms with van der Waals surface area (Å²) >= 11 is 0. The molecule has 1 fully saturated rings. The maximum absolute atomic E-state index is 13.3. The van der Waals surface area contributed by atoms with Crippen molar-refractivity contribution in [2.75, 3.05) is 0 Å². The highest BCUT2D eigenvalue weighted by atomic mass is 16.3. The summed E-state index contributed by atoms with van der Waals surface area (Å²) in [7, 11) is 2.92. The third-order valence-corrected chi connectivity index (χ3v) is 6.41. The predicted octanol–water partition coefficient (Wildman–Crippen LogP) is 1.68. The van der Waals surface area contributed by atoms with Crippen LogP contribution >= 0.6 is 0 Å². The van der Waals surface area contributed by atoms with E-state index in [1.807, 2.05) is 6.92 Å². The Kier molecular flexibility index (Phi) is 5.29. The Morgan fingerprint density at radius 2 is 1.73 bits per heavy atom. The van der Waals surface area contributed by atoms with Crippen LogP contribution in [0.5, 0.6) is 5.88 Å². The number of imidazole rings is 1. The Balaban J connectivity index is 2.09. The molecular formula is C21H29N5O4. The van der Waals surface area contributed by atoms with E-state index < -0.39 is 16.8 Å². The average Bonchev–Trinajstić information content (AvgIpc) is 3.15. The molecule has 0 radical (unpaired) electrons. The summed E-state index contributed by atoms with van der Waals surface area (Å²) in [4.78, 5) is 43.2. The topological polar surface area (TPSA) is 104 Å². The van der Waals surface area contributed by atoms with E-state index in [9.17, 15) is 19.5 Å². The van der Waals surface area contributed by atoms with Crippen molar-refractivity contribution in [1.82, 2.24) is 23.1 Å². The van der Waals surface area contributed by atoms with Gasteiger partial charge in [0.05, 0.1) is 5.56 Å². The Morgan fingerprint density at radius 3 is 2.40 bits per heavy atom. The maximum Gasteiger partial charge on any atom is 0.332 e. The van der Waals surface area contributed by atoms with E-state index in [2.05, 4.69) is 4.98 Å². The molecule has 0 atom stereocenters. The summed E-state index contributed by atoms with van der Waals surface area (Å²) < 4.78 is 5.23. The van der Waals surface area contributed by atoms with E-state index in [1.165, 1.54) is 29.5 Å². The molecule has 1 saturated carbocycles. The van der Waals surface area contributed by atoms with Crippen LogP contribution in [-0.4, -0.2) is 28.2 Å². The fourth-order valence-corrected chi connectivity index (χ4v) is 4.61. The molecular weight excluding hydrogens is 386 g/mol. The fourth-order valence-electron chi connectivity index (χ4n) is 4.61. The van der Waals surface area contributed by atoms with E-state index >= 15 is 0 Å². The van der Waals surface area contributed by atoms with Crippen molar-refractivity contribution in [1.29, 1.82) is 0 Å². The standard InChI is InChI=1S/C21H29N5O4/c1-4-5-11-14-17(27)25(12-13-9-7-6-8-10-13)20-22-16-15(26(20)18(14)28)19(29)24(3)21(30)23(16)2/h13,27H,4-12H2,1-3H3. The fraction of sp³-hybridized carbons (Fsp3) is 0.619. The molecule has 3 heterocycles. The van der Waals surface area contributed by atoms with Crippen molar-refractivity contribution < 1.29 is 5.11 Å². The minimum atomic E-state index is -0.561. The van der Waals surface area contributed by atoms with Crippen LogP contribution in [-0.2, 0) is 27.1 Å². The molecule has 3 aromatic rings. The number of rotatable bonds is 5. The number of aryl methyl sites for hydroxylation is 1. The molecule has 0 spiro atoms. The van der Waals surface area contributed by atoms with Gasteiger partial charge in [-0.2, -0.15) is 4.98 Å². The lowest BCUT2D eigenvalue weighted by Crippen LogP contribution is -2.38. The molecule has 3 aromatic heterocycles. The number of unbranched alkanes of at least 4 members (excludes halogenated alkanes) is 1. The highest BCUT2D eigenvalue weighted by Crippen LogP contribution is 2.29. The van der Waals surface area contributed by atoms with Crippen LogP contribution in [0.2, 0.25) is 0 Å². The molecule has 4 rings (SSSR count). The van der Waals surface area contributed by atoms with Crippen molar-refractivity contribution in [2.45, 2.75) is 64.8 Å². The third kappa shape index (κ3) is 3.07. The molecule has 0 amide bonds. The largest absolute Gasteiger partial charge is 0.494 e. The van der Waals surface area contributed by atoms with Gasteiger partial charge in [0.1, 0.15) is 0 Å². The molecule has 1 N–H and O–H groups in total. The SMILES string of the molecule is CCCCc1c(O)n(CC2CCCCC2)c2nc3c(c(=O)n(C)c(=O)n3C)n2c1=O. The number of aromatic nitrogens is 5. The summed E-state index contributed by atoms with van der Waals surface area (Å²) in [5.41, 5.74) is -0.963. The van der Waals surface area contributed by atoms with Crippen LogP contribution in [0.15, 0.2) is 14.4 Å². The number of nitrogens with zero attached hydrogens (tertiary/aromatic N) is 5. The van der Waals surface area contributed by atoms with Crippen molar-refractivity contribution in [3.05, 3.63) is 36.8 Å². The van der Waals surface area contributed by atoms with Crippen LogP contribution in [0, 0.1) is 5.92 Å². The van der Waals surface area contributed by atoms with Gasteiger partial charge in [-0.15, -0.1) is 0 Å². The minimum absolute atomic E-state index is 0.0661. The Bertz CT molecular complexity index is 1290. The van der Waals surface area contributed by atoms with E-state index in [1.54, 1.807) is 4.57 Å². The molecule has 9 nitrogen and oxygen atoms in total. The lowest BCUT2D eigenvalue weighted by molar-refractivity contribution is 0.299. The number of hydrogen-bond acceptors (Lipinski definition) is 5. The van der Waals surface area contributed by atoms with Gasteiger partial charge in [-0.25, -0.2) is 9.20 Å². The van der Waals surface area contributed by atoms with Gasteiger partial charge in [0.25, 0.3) is 11.1 Å². The van der Waals surface area contributed by atoms with Crippen LogP contribution in [0.1, 0.15) is 57.4 Å². The molecule has 0 unspecified atom stereocenters. The first-order chi connectivity index (χ1) is 14.4. The van der Waals surface area contributed by atoms with E-state index in [0.717, 1.165) is 43.1 Å². The Hall–Kier alpha value is -2.84. The Morgan fingerprint density at radius 1 is 1.03 bits per heavy atom. The molecule has 30 heavy (non-hydrogen) atoms. The molecule has 0 aromatic carbocycles. The summed E-state index contributed by atoms with van der Waals surface area (Å²) in [5.74, 6) is 0.529. The van der Waals surface area contributed by atoms with Crippen molar-refractivity contribution >= 4 is 16.9 Å². The normalized spacial score (nSPS) is 15.4. The molecule has 162 valence electrons. The van der Waals surface area contributed by atoms with Gasteiger partial charge < -0.3 is 5.11 Å². The van der Waals surface area contributed by atoms with Gasteiger partial charge in [0, 0.05) is 20.6 Å². The number of aromatic hydroxyl groups is 1. The monoisotopic (exact) mass is 415 g/mol. The zero-order valence-corrected chi connectivity index (χ0v) is 17.8. The predicted molar refractivity (Wildman–Crippen MR) is 114 cm³/mol. The van der Waals surface area contributed by atoms with Gasteiger partial charge in [-0.1, -0.05) is 32.6 Å². The first kappa shape index (κ1) is 20.4. The summed E-state index contributed by atoms with van der Waals surface area (Å²) in [6.45, 7) is 2.56. The average molecular weight is 415 g/mol. The summed E-state index contributed by atoms with van der Waals surface area (Å²) in [6.07, 6.45) is 7.68. The van der Waals surface area contributed by atoms with Crippen molar-refractivity contribution in [3.8, 4) is 5.88 Å². The van der Waals surface area contributed by atoms with E-state index in [-0.39, 0.29) is 22.8 Å². The van der Waals surface area contributed by atoms with Crippen LogP contribution < -0.4 is 16.8 Å². The van der Waals surface area contributed by atoms with Gasteiger partial charge >= 0.3 is 5.69 Å². The van der Waals surface area contributed by atoms with Gasteiger partial charge in [0.2, 0.25) is 11.7 Å². The molecule has 9 heteroatoms. The Labute approximate surface area is 173 Å². The first-order valence-electron chi connectivity index (χ1n) is 10.8. The molecule has 0 bridgehead atoms. The van der Waals surface area contributed by atoms with Gasteiger partial charge in [0.15, 0.2) is 11.2 Å². The van der Waals surface area contributed by atoms with Crippen LogP contribution in [0.4, 0.5) is 0 Å². The highest BCUT2D eigenvalue weighted by molar-refractivity contribution is 5.75. The molecule has 0 aliphatic heterocycles. The second-order valence-electron chi connectivity index (χ2n) is 8.45. The van der Waals surface area contributed by atoms with Crippen molar-refractivity contribution in [3.63, 3.8) is 0 Å². The minimum Gasteiger partial charge on any atom is -0.494 e. The van der Waals surface area contributed by atoms with Crippen LogP contribution in [0.25, 0.3) is 16.9 Å². The second kappa shape index (κ2) is 7.77. The highest BCUT2D eigenvalue weighted by Gasteiger charge is 2.25. The summed E-state index contributed by atoms with van der Waals surface area (Å²) in [5, 5.41) is 11.1. The quantitative estimate of drug-likeness (QED) is 0.683. The number of hydrogen-bond donors (Lipinski definition) is 1. The van der Waals surface area contributed by atoms with Gasteiger partial charge in [-0.3, -0.25) is 23.3 Å². The molecule has 1 aliphatic rings. The maximum atomic E-state index is 13.3. The van der Waals surface area contributed by atoms with Crippen LogP contribution in [0.3, 0.4) is 0 Å². The van der Waals surface area contributed by atoms with Crippen molar-refractivity contribution in [2.24, 2.45) is 20.0 Å². The van der Waals surface area contributed by atoms with Gasteiger partial charge in [-0.05, 0) is 31.6 Å². The van der Waals surface area contributed by atoms with E-state index in [4.69, 9.17) is 0 Å². The zero-order valence-electron chi connectivity index (χ0n) is 17.8. The first-order valence-corrected chi connectivity index (χ1v) is 10.8. The lowest BCUT2D eigenvalue weighted by atomic mass is 9.89. The lowest BCUT2D eigenvalue weighted by Gasteiger charge is -2.24. The second-order valence-corrected chi connectivity index (χ2v) is 8.45. The molecule has 0 saturated heterocycles. The smallest absolute Gasteiger partial charge is 0.332 e. The van der Waals surface area contributed by atoms with E-state index in [0.29, 0.717) is 24.4 Å². The number of fused-ring (bicyclic) bond motifs is 3. The molecule has 1 aliphatic carbocycles. The third-order valence-electron chi connectivity index (χ3n) is 6.41.